The van der Waals surface area contributed by atoms with E-state index in [-0.39, 0.29) is 19.0 Å². The Morgan fingerprint density at radius 3 is 2.64 bits per heavy atom. The van der Waals surface area contributed by atoms with Gasteiger partial charge < -0.3 is 14.8 Å². The third kappa shape index (κ3) is 2.94. The lowest BCUT2D eigenvalue weighted by molar-refractivity contribution is 0.0519. The van der Waals surface area contributed by atoms with Crippen LogP contribution >= 0.6 is 0 Å². The highest BCUT2D eigenvalue weighted by Gasteiger charge is 2.23. The van der Waals surface area contributed by atoms with Gasteiger partial charge >= 0.3 is 5.97 Å². The van der Waals surface area contributed by atoms with Gasteiger partial charge in [0, 0.05) is 16.8 Å². The first-order valence-electron chi connectivity index (χ1n) is 7.10. The number of hydrogen-bond acceptors (Lipinski definition) is 4. The van der Waals surface area contributed by atoms with E-state index in [4.69, 9.17) is 4.74 Å². The van der Waals surface area contributed by atoms with Crippen molar-refractivity contribution in [2.24, 2.45) is 0 Å². The Bertz CT molecular complexity index is 715. The number of esters is 1. The number of carbonyl (C=O) groups is 2. The van der Waals surface area contributed by atoms with Crippen LogP contribution < -0.4 is 0 Å². The topological polar surface area (TPSA) is 79.4 Å². The van der Waals surface area contributed by atoms with Gasteiger partial charge in [-0.1, -0.05) is 18.2 Å². The highest BCUT2D eigenvalue weighted by atomic mass is 16.5. The maximum absolute atomic E-state index is 12.7. The summed E-state index contributed by atoms with van der Waals surface area (Å²) in [5.74, 6) is -0.650. The van der Waals surface area contributed by atoms with E-state index in [2.05, 4.69) is 4.98 Å². The van der Waals surface area contributed by atoms with Gasteiger partial charge in [0.1, 0.15) is 5.69 Å². The molecule has 5 nitrogen and oxygen atoms in total. The summed E-state index contributed by atoms with van der Waals surface area (Å²) in [4.78, 5) is 27.5. The van der Waals surface area contributed by atoms with E-state index < -0.39 is 5.97 Å². The Morgan fingerprint density at radius 1 is 1.27 bits per heavy atom. The molecular formula is C17H19NO4. The van der Waals surface area contributed by atoms with E-state index in [1.165, 1.54) is 0 Å². The lowest BCUT2D eigenvalue weighted by atomic mass is 9.98. The van der Waals surface area contributed by atoms with E-state index >= 15 is 0 Å². The Morgan fingerprint density at radius 2 is 2.00 bits per heavy atom. The van der Waals surface area contributed by atoms with E-state index in [1.807, 2.05) is 0 Å². The molecule has 0 amide bonds. The zero-order valence-electron chi connectivity index (χ0n) is 12.9. The fourth-order valence-electron chi connectivity index (χ4n) is 2.45. The zero-order valence-corrected chi connectivity index (χ0v) is 12.9. The molecular weight excluding hydrogens is 282 g/mol. The first kappa shape index (κ1) is 16.0. The number of nitrogens with one attached hydrogen (secondary N) is 1. The molecule has 0 atom stereocenters. The minimum Gasteiger partial charge on any atom is -0.461 e. The molecule has 0 saturated carbocycles. The molecule has 0 fully saturated rings. The first-order chi connectivity index (χ1) is 10.5. The lowest BCUT2D eigenvalue weighted by Gasteiger charge is -2.05. The summed E-state index contributed by atoms with van der Waals surface area (Å²) in [7, 11) is 0. The Balaban J connectivity index is 2.44. The quantitative estimate of drug-likeness (QED) is 0.657. The van der Waals surface area contributed by atoms with Crippen molar-refractivity contribution in [3.8, 4) is 0 Å². The van der Waals surface area contributed by atoms with Crippen molar-refractivity contribution in [2.45, 2.75) is 27.4 Å². The number of hydrogen-bond donors (Lipinski definition) is 2. The van der Waals surface area contributed by atoms with Crippen LogP contribution in [-0.4, -0.2) is 28.4 Å². The monoisotopic (exact) mass is 301 g/mol. The van der Waals surface area contributed by atoms with Crippen molar-refractivity contribution in [1.29, 1.82) is 0 Å². The second kappa shape index (κ2) is 6.58. The van der Waals surface area contributed by atoms with Crippen molar-refractivity contribution in [3.05, 3.63) is 57.9 Å². The van der Waals surface area contributed by atoms with Crippen molar-refractivity contribution in [1.82, 2.24) is 4.98 Å². The highest BCUT2D eigenvalue weighted by molar-refractivity contribution is 6.12. The van der Waals surface area contributed by atoms with Crippen LogP contribution in [0.2, 0.25) is 0 Å². The molecule has 2 N–H and O–H groups in total. The number of rotatable bonds is 5. The largest absolute Gasteiger partial charge is 0.461 e. The van der Waals surface area contributed by atoms with Crippen LogP contribution in [-0.2, 0) is 11.3 Å². The Labute approximate surface area is 128 Å². The standard InChI is InChI=1S/C17H19NO4/c1-4-22-17(21)15-10(2)14(11(3)18-15)16(20)13-7-5-6-12(8-13)9-19/h5-8,18-19H,4,9H2,1-3H3. The molecule has 0 unspecified atom stereocenters. The predicted octanol–water partition coefficient (Wildman–Crippen LogP) is 2.53. The number of ether oxygens (including phenoxy) is 1. The maximum atomic E-state index is 12.7. The van der Waals surface area contributed by atoms with E-state index in [0.29, 0.717) is 33.6 Å². The number of aliphatic hydroxyl groups is 1. The second-order valence-electron chi connectivity index (χ2n) is 5.03. The number of aromatic amines is 1. The molecule has 22 heavy (non-hydrogen) atoms. The van der Waals surface area contributed by atoms with Crippen LogP contribution in [0, 0.1) is 13.8 Å². The number of ketones is 1. The van der Waals surface area contributed by atoms with Crippen LogP contribution in [0.25, 0.3) is 0 Å². The lowest BCUT2D eigenvalue weighted by Crippen LogP contribution is -2.08. The molecule has 0 aliphatic rings. The zero-order chi connectivity index (χ0) is 16.3. The molecule has 2 aromatic rings. The smallest absolute Gasteiger partial charge is 0.355 e. The summed E-state index contributed by atoms with van der Waals surface area (Å²) in [6, 6.07) is 6.82. The SMILES string of the molecule is CCOC(=O)c1[nH]c(C)c(C(=O)c2cccc(CO)c2)c1C. The van der Waals surface area contributed by atoms with Gasteiger partial charge in [-0.25, -0.2) is 4.79 Å². The van der Waals surface area contributed by atoms with Crippen molar-refractivity contribution in [2.75, 3.05) is 6.61 Å². The fraction of sp³-hybridized carbons (Fsp3) is 0.294. The molecule has 1 aromatic heterocycles. The average molecular weight is 301 g/mol. The third-order valence-corrected chi connectivity index (χ3v) is 3.52. The molecule has 0 radical (unpaired) electrons. The minimum atomic E-state index is -0.466. The normalized spacial score (nSPS) is 10.5. The molecule has 0 saturated heterocycles. The molecule has 1 aromatic carbocycles. The number of aromatic nitrogens is 1. The van der Waals surface area contributed by atoms with Gasteiger partial charge in [-0.2, -0.15) is 0 Å². The minimum absolute atomic E-state index is 0.125. The Kier molecular flexibility index (Phi) is 4.78. The van der Waals surface area contributed by atoms with Crippen molar-refractivity contribution in [3.63, 3.8) is 0 Å². The summed E-state index contributed by atoms with van der Waals surface area (Å²) >= 11 is 0. The summed E-state index contributed by atoms with van der Waals surface area (Å²) in [5, 5.41) is 9.18. The van der Waals surface area contributed by atoms with Crippen molar-refractivity contribution < 1.29 is 19.4 Å². The molecule has 116 valence electrons. The van der Waals surface area contributed by atoms with Crippen LogP contribution in [0.15, 0.2) is 24.3 Å². The molecule has 0 spiro atoms. The van der Waals surface area contributed by atoms with Gasteiger partial charge in [0.15, 0.2) is 5.78 Å². The number of aliphatic hydroxyl groups excluding tert-OH is 1. The molecule has 0 aliphatic carbocycles. The maximum Gasteiger partial charge on any atom is 0.355 e. The van der Waals surface area contributed by atoms with Crippen LogP contribution in [0.4, 0.5) is 0 Å². The Hall–Kier alpha value is -2.40. The van der Waals surface area contributed by atoms with E-state index in [1.54, 1.807) is 45.0 Å². The number of carbonyl (C=O) groups excluding carboxylic acids is 2. The van der Waals surface area contributed by atoms with Gasteiger partial charge in [-0.05, 0) is 38.0 Å². The summed E-state index contributed by atoms with van der Waals surface area (Å²) in [6.45, 7) is 5.35. The number of benzene rings is 1. The number of H-pyrrole nitrogens is 1. The summed E-state index contributed by atoms with van der Waals surface area (Å²) < 4.78 is 4.98. The molecule has 0 bridgehead atoms. The van der Waals surface area contributed by atoms with Gasteiger partial charge in [-0.3, -0.25) is 4.79 Å². The predicted molar refractivity (Wildman–Crippen MR) is 82.0 cm³/mol. The second-order valence-corrected chi connectivity index (χ2v) is 5.03. The molecule has 0 aliphatic heterocycles. The summed E-state index contributed by atoms with van der Waals surface area (Å²) in [5.41, 5.74) is 3.13. The van der Waals surface area contributed by atoms with Crippen LogP contribution in [0.1, 0.15) is 50.2 Å². The van der Waals surface area contributed by atoms with Crippen molar-refractivity contribution >= 4 is 11.8 Å². The highest BCUT2D eigenvalue weighted by Crippen LogP contribution is 2.22. The van der Waals surface area contributed by atoms with Gasteiger partial charge in [-0.15, -0.1) is 0 Å². The summed E-state index contributed by atoms with van der Waals surface area (Å²) in [6.07, 6.45) is 0. The third-order valence-electron chi connectivity index (χ3n) is 3.52. The van der Waals surface area contributed by atoms with Gasteiger partial charge in [0.2, 0.25) is 0 Å². The first-order valence-corrected chi connectivity index (χ1v) is 7.10. The average Bonchev–Trinajstić information content (AvgIpc) is 2.82. The van der Waals surface area contributed by atoms with E-state index in [9.17, 15) is 14.7 Å². The van der Waals surface area contributed by atoms with Crippen LogP contribution in [0.3, 0.4) is 0 Å². The molecule has 5 heteroatoms. The van der Waals surface area contributed by atoms with Gasteiger partial charge in [0.25, 0.3) is 0 Å². The molecule has 1 heterocycles. The fourth-order valence-corrected chi connectivity index (χ4v) is 2.45. The van der Waals surface area contributed by atoms with Crippen LogP contribution in [0.5, 0.6) is 0 Å². The van der Waals surface area contributed by atoms with Gasteiger partial charge in [0.05, 0.1) is 13.2 Å². The number of aryl methyl sites for hydroxylation is 1. The van der Waals surface area contributed by atoms with E-state index in [0.717, 1.165) is 0 Å². The molecule has 2 rings (SSSR count).